The van der Waals surface area contributed by atoms with Gasteiger partial charge in [-0.1, -0.05) is 6.07 Å². The van der Waals surface area contributed by atoms with Crippen molar-refractivity contribution < 1.29 is 18.9 Å². The van der Waals surface area contributed by atoms with Crippen LogP contribution in [0.25, 0.3) is 0 Å². The Morgan fingerprint density at radius 2 is 1.75 bits per heavy atom. The van der Waals surface area contributed by atoms with Gasteiger partial charge in [-0.2, -0.15) is 0 Å². The number of ether oxygens (including phenoxy) is 4. The summed E-state index contributed by atoms with van der Waals surface area (Å²) in [6.07, 6.45) is 0.857. The largest absolute Gasteiger partial charge is 0.493 e. The summed E-state index contributed by atoms with van der Waals surface area (Å²) in [5.41, 5.74) is 1.16. The number of benzene rings is 1. The Bertz CT molecular complexity index is 371. The predicted octanol–water partition coefficient (Wildman–Crippen LogP) is 1.85. The molecule has 0 aliphatic heterocycles. The van der Waals surface area contributed by atoms with Crippen LogP contribution in [0, 0.1) is 0 Å². The molecule has 1 aromatic carbocycles. The van der Waals surface area contributed by atoms with E-state index in [1.807, 2.05) is 18.2 Å². The highest BCUT2D eigenvalue weighted by atomic mass is 16.5. The third-order valence-corrected chi connectivity index (χ3v) is 2.79. The van der Waals surface area contributed by atoms with Gasteiger partial charge < -0.3 is 24.3 Å². The third kappa shape index (κ3) is 6.23. The Labute approximate surface area is 121 Å². The molecule has 0 spiro atoms. The molecule has 0 bridgehead atoms. The van der Waals surface area contributed by atoms with E-state index in [1.54, 1.807) is 21.3 Å². The zero-order valence-corrected chi connectivity index (χ0v) is 12.6. The van der Waals surface area contributed by atoms with Crippen LogP contribution in [0.4, 0.5) is 0 Å². The number of rotatable bonds is 11. The second kappa shape index (κ2) is 10.5. The van der Waals surface area contributed by atoms with Gasteiger partial charge in [0.2, 0.25) is 0 Å². The smallest absolute Gasteiger partial charge is 0.161 e. The Morgan fingerprint density at radius 3 is 2.45 bits per heavy atom. The predicted molar refractivity (Wildman–Crippen MR) is 78.6 cm³/mol. The maximum Gasteiger partial charge on any atom is 0.161 e. The van der Waals surface area contributed by atoms with Crippen molar-refractivity contribution in [3.8, 4) is 11.5 Å². The van der Waals surface area contributed by atoms with Gasteiger partial charge in [0, 0.05) is 40.3 Å². The molecule has 1 N–H and O–H groups in total. The van der Waals surface area contributed by atoms with Gasteiger partial charge in [-0.05, 0) is 17.7 Å². The molecule has 1 rings (SSSR count). The Kier molecular flexibility index (Phi) is 8.78. The highest BCUT2D eigenvalue weighted by molar-refractivity contribution is 5.42. The lowest BCUT2D eigenvalue weighted by Gasteiger charge is -2.12. The maximum absolute atomic E-state index is 5.74. The fraction of sp³-hybridized carbons (Fsp3) is 0.600. The molecule has 0 saturated carbocycles. The van der Waals surface area contributed by atoms with Gasteiger partial charge in [0.1, 0.15) is 0 Å². The number of hydrogen-bond donors (Lipinski definition) is 1. The summed E-state index contributed by atoms with van der Waals surface area (Å²) in [4.78, 5) is 0. The van der Waals surface area contributed by atoms with Crippen LogP contribution in [0.3, 0.4) is 0 Å². The quantitative estimate of drug-likeness (QED) is 0.628. The Hall–Kier alpha value is -1.30. The summed E-state index contributed by atoms with van der Waals surface area (Å²) in [6, 6.07) is 5.96. The zero-order valence-electron chi connectivity index (χ0n) is 12.6. The van der Waals surface area contributed by atoms with Crippen LogP contribution in [0.1, 0.15) is 12.0 Å². The number of nitrogens with one attached hydrogen (secondary N) is 1. The van der Waals surface area contributed by atoms with Crippen molar-refractivity contribution in [2.24, 2.45) is 0 Å². The highest BCUT2D eigenvalue weighted by Gasteiger charge is 2.05. The van der Waals surface area contributed by atoms with Gasteiger partial charge in [0.25, 0.3) is 0 Å². The molecule has 0 aromatic heterocycles. The lowest BCUT2D eigenvalue weighted by Crippen LogP contribution is -2.18. The summed E-state index contributed by atoms with van der Waals surface area (Å²) < 4.78 is 21.0. The van der Waals surface area contributed by atoms with E-state index in [9.17, 15) is 0 Å². The van der Waals surface area contributed by atoms with Gasteiger partial charge >= 0.3 is 0 Å². The van der Waals surface area contributed by atoms with Gasteiger partial charge in [-0.25, -0.2) is 0 Å². The van der Waals surface area contributed by atoms with Crippen molar-refractivity contribution in [1.82, 2.24) is 5.32 Å². The van der Waals surface area contributed by atoms with E-state index in [0.29, 0.717) is 19.8 Å². The van der Waals surface area contributed by atoms with E-state index in [4.69, 9.17) is 18.9 Å². The molecule has 20 heavy (non-hydrogen) atoms. The fourth-order valence-corrected chi connectivity index (χ4v) is 1.74. The first kappa shape index (κ1) is 16.8. The summed E-state index contributed by atoms with van der Waals surface area (Å²) in [7, 11) is 5.03. The second-order valence-corrected chi connectivity index (χ2v) is 4.35. The topological polar surface area (TPSA) is 49.0 Å². The van der Waals surface area contributed by atoms with Gasteiger partial charge in [-0.3, -0.25) is 0 Å². The molecule has 114 valence electrons. The van der Waals surface area contributed by atoms with Crippen LogP contribution in [0.5, 0.6) is 11.5 Å². The maximum atomic E-state index is 5.74. The van der Waals surface area contributed by atoms with Crippen LogP contribution in [0.15, 0.2) is 18.2 Å². The Balaban J connectivity index is 2.51. The summed E-state index contributed by atoms with van der Waals surface area (Å²) in [5.74, 6) is 1.53. The second-order valence-electron chi connectivity index (χ2n) is 4.35. The van der Waals surface area contributed by atoms with E-state index in [0.717, 1.165) is 36.6 Å². The summed E-state index contributed by atoms with van der Waals surface area (Å²) in [6.45, 7) is 3.62. The minimum absolute atomic E-state index is 0.616. The van der Waals surface area contributed by atoms with Crippen LogP contribution >= 0.6 is 0 Å². The molecular formula is C15H25NO4. The first-order valence-electron chi connectivity index (χ1n) is 6.80. The van der Waals surface area contributed by atoms with Gasteiger partial charge in [0.05, 0.1) is 20.3 Å². The molecular weight excluding hydrogens is 258 g/mol. The molecule has 1 aromatic rings. The van der Waals surface area contributed by atoms with Crippen LogP contribution in [-0.4, -0.2) is 47.7 Å². The first-order valence-corrected chi connectivity index (χ1v) is 6.80. The molecule has 0 atom stereocenters. The normalized spacial score (nSPS) is 10.6. The SMILES string of the molecule is COCCCOc1cc(CNCCOC)ccc1OC. The highest BCUT2D eigenvalue weighted by Crippen LogP contribution is 2.28. The van der Waals surface area contributed by atoms with Crippen molar-refractivity contribution in [3.05, 3.63) is 23.8 Å². The van der Waals surface area contributed by atoms with Crippen molar-refractivity contribution in [2.45, 2.75) is 13.0 Å². The van der Waals surface area contributed by atoms with Crippen LogP contribution in [0.2, 0.25) is 0 Å². The first-order chi connectivity index (χ1) is 9.81. The van der Waals surface area contributed by atoms with E-state index in [1.165, 1.54) is 0 Å². The van der Waals surface area contributed by atoms with Crippen LogP contribution in [-0.2, 0) is 16.0 Å². The van der Waals surface area contributed by atoms with Gasteiger partial charge in [-0.15, -0.1) is 0 Å². The van der Waals surface area contributed by atoms with Crippen molar-refractivity contribution in [3.63, 3.8) is 0 Å². The van der Waals surface area contributed by atoms with Gasteiger partial charge in [0.15, 0.2) is 11.5 Å². The monoisotopic (exact) mass is 283 g/mol. The lowest BCUT2D eigenvalue weighted by atomic mass is 10.2. The molecule has 0 aliphatic rings. The number of hydrogen-bond acceptors (Lipinski definition) is 5. The molecule has 0 amide bonds. The van der Waals surface area contributed by atoms with E-state index in [-0.39, 0.29) is 0 Å². The lowest BCUT2D eigenvalue weighted by molar-refractivity contribution is 0.170. The Morgan fingerprint density at radius 1 is 0.950 bits per heavy atom. The van der Waals surface area contributed by atoms with E-state index < -0.39 is 0 Å². The van der Waals surface area contributed by atoms with Crippen LogP contribution < -0.4 is 14.8 Å². The van der Waals surface area contributed by atoms with E-state index >= 15 is 0 Å². The molecule has 0 fully saturated rings. The average Bonchev–Trinajstić information content (AvgIpc) is 2.48. The molecule has 5 heteroatoms. The number of methoxy groups -OCH3 is 3. The standard InChI is InChI=1S/C15H25NO4/c1-17-8-4-9-20-15-11-13(5-6-14(15)19-3)12-16-7-10-18-2/h5-6,11,16H,4,7-10,12H2,1-3H3. The summed E-state index contributed by atoms with van der Waals surface area (Å²) >= 11 is 0. The summed E-state index contributed by atoms with van der Waals surface area (Å²) in [5, 5.41) is 3.30. The molecule has 5 nitrogen and oxygen atoms in total. The molecule has 0 saturated heterocycles. The minimum Gasteiger partial charge on any atom is -0.493 e. The van der Waals surface area contributed by atoms with E-state index in [2.05, 4.69) is 5.32 Å². The molecule has 0 heterocycles. The van der Waals surface area contributed by atoms with Crippen molar-refractivity contribution >= 4 is 0 Å². The third-order valence-electron chi connectivity index (χ3n) is 2.79. The van der Waals surface area contributed by atoms with Crippen molar-refractivity contribution in [2.75, 3.05) is 47.7 Å². The zero-order chi connectivity index (χ0) is 14.6. The molecule has 0 unspecified atom stereocenters. The minimum atomic E-state index is 0.616. The average molecular weight is 283 g/mol. The van der Waals surface area contributed by atoms with Crippen molar-refractivity contribution in [1.29, 1.82) is 0 Å². The molecule has 0 radical (unpaired) electrons. The molecule has 0 aliphatic carbocycles. The fourth-order valence-electron chi connectivity index (χ4n) is 1.74.